The smallest absolute Gasteiger partial charge is 0.110 e. The van der Waals surface area contributed by atoms with Gasteiger partial charge in [0.15, 0.2) is 0 Å². The van der Waals surface area contributed by atoms with Crippen molar-refractivity contribution in [3.63, 3.8) is 0 Å². The van der Waals surface area contributed by atoms with Crippen LogP contribution in [0.5, 0.6) is 0 Å². The molecule has 0 spiro atoms. The highest BCUT2D eigenvalue weighted by Gasteiger charge is 1.99. The third kappa shape index (κ3) is 4.93. The van der Waals surface area contributed by atoms with Gasteiger partial charge in [-0.15, -0.1) is 11.3 Å². The normalized spacial score (nSPS) is 12.3. The third-order valence-electron chi connectivity index (χ3n) is 2.05. The van der Waals surface area contributed by atoms with Crippen LogP contribution in [0, 0.1) is 11.3 Å². The molecule has 0 aliphatic carbocycles. The van der Waals surface area contributed by atoms with Crippen molar-refractivity contribution in [3.8, 4) is 6.07 Å². The molecule has 0 saturated carbocycles. The van der Waals surface area contributed by atoms with Gasteiger partial charge in [-0.05, 0) is 38.4 Å². The van der Waals surface area contributed by atoms with Gasteiger partial charge in [-0.3, -0.25) is 0 Å². The molecule has 1 rings (SSSR count). The first-order chi connectivity index (χ1) is 7.22. The molecule has 0 amide bonds. The van der Waals surface area contributed by atoms with E-state index in [1.807, 2.05) is 12.1 Å². The summed E-state index contributed by atoms with van der Waals surface area (Å²) in [5.41, 5.74) is 0. The molecule has 0 radical (unpaired) electrons. The highest BCUT2D eigenvalue weighted by atomic mass is 32.1. The zero-order valence-electron chi connectivity index (χ0n) is 8.86. The summed E-state index contributed by atoms with van der Waals surface area (Å²) in [5, 5.41) is 21.0. The molecule has 0 saturated heterocycles. The van der Waals surface area contributed by atoms with E-state index >= 15 is 0 Å². The quantitative estimate of drug-likeness (QED) is 0.725. The number of aliphatic hydroxyl groups is 1. The van der Waals surface area contributed by atoms with E-state index in [1.165, 1.54) is 16.2 Å². The Morgan fingerprint density at radius 3 is 3.00 bits per heavy atom. The van der Waals surface area contributed by atoms with Crippen molar-refractivity contribution < 1.29 is 5.11 Å². The number of thiophene rings is 1. The van der Waals surface area contributed by atoms with E-state index in [1.54, 1.807) is 6.92 Å². The summed E-state index contributed by atoms with van der Waals surface area (Å²) in [7, 11) is 0. The van der Waals surface area contributed by atoms with Crippen LogP contribution in [0.2, 0.25) is 0 Å². The number of nitriles is 1. The lowest BCUT2D eigenvalue weighted by Crippen LogP contribution is -2.15. The highest BCUT2D eigenvalue weighted by molar-refractivity contribution is 7.12. The van der Waals surface area contributed by atoms with Crippen molar-refractivity contribution in [1.82, 2.24) is 5.32 Å². The van der Waals surface area contributed by atoms with E-state index in [0.717, 1.165) is 30.8 Å². The van der Waals surface area contributed by atoms with Crippen LogP contribution >= 0.6 is 11.3 Å². The van der Waals surface area contributed by atoms with Crippen LogP contribution in [0.1, 0.15) is 29.5 Å². The van der Waals surface area contributed by atoms with E-state index in [4.69, 9.17) is 10.4 Å². The van der Waals surface area contributed by atoms with Crippen molar-refractivity contribution in [3.05, 3.63) is 21.9 Å². The molecule has 0 aromatic carbocycles. The Morgan fingerprint density at radius 1 is 1.60 bits per heavy atom. The molecule has 0 bridgehead atoms. The second kappa shape index (κ2) is 6.57. The predicted octanol–water partition coefficient (Wildman–Crippen LogP) is 1.87. The Kier molecular flexibility index (Phi) is 5.33. The molecule has 1 atom stereocenters. The van der Waals surface area contributed by atoms with Gasteiger partial charge < -0.3 is 10.4 Å². The molecule has 1 unspecified atom stereocenters. The Hall–Kier alpha value is -0.890. The maximum atomic E-state index is 9.04. The fourth-order valence-electron chi connectivity index (χ4n) is 1.27. The topological polar surface area (TPSA) is 56.0 Å². The van der Waals surface area contributed by atoms with Gasteiger partial charge in [-0.25, -0.2) is 0 Å². The lowest BCUT2D eigenvalue weighted by atomic mass is 10.2. The van der Waals surface area contributed by atoms with Crippen molar-refractivity contribution in [2.75, 3.05) is 6.54 Å². The Morgan fingerprint density at radius 2 is 2.40 bits per heavy atom. The number of nitrogens with one attached hydrogen (secondary N) is 1. The van der Waals surface area contributed by atoms with Crippen LogP contribution in [0.3, 0.4) is 0 Å². The summed E-state index contributed by atoms with van der Waals surface area (Å²) in [5.74, 6) is 0. The van der Waals surface area contributed by atoms with Gasteiger partial charge in [0, 0.05) is 11.4 Å². The molecular formula is C11H16N2OS. The lowest BCUT2D eigenvalue weighted by Gasteiger charge is -2.04. The fourth-order valence-corrected chi connectivity index (χ4v) is 2.04. The van der Waals surface area contributed by atoms with Gasteiger partial charge in [-0.2, -0.15) is 5.26 Å². The van der Waals surface area contributed by atoms with Gasteiger partial charge in [0.2, 0.25) is 0 Å². The van der Waals surface area contributed by atoms with E-state index in [2.05, 4.69) is 11.4 Å². The average Bonchev–Trinajstić information content (AvgIpc) is 2.65. The number of aliphatic hydroxyl groups excluding tert-OH is 1. The fraction of sp³-hybridized carbons (Fsp3) is 0.545. The summed E-state index contributed by atoms with van der Waals surface area (Å²) >= 11 is 1.52. The lowest BCUT2D eigenvalue weighted by molar-refractivity contribution is 0.181. The number of nitrogens with zero attached hydrogens (tertiary/aromatic N) is 1. The van der Waals surface area contributed by atoms with Crippen molar-refractivity contribution >= 4 is 11.3 Å². The van der Waals surface area contributed by atoms with Crippen LogP contribution in [-0.2, 0) is 6.54 Å². The van der Waals surface area contributed by atoms with E-state index in [-0.39, 0.29) is 6.10 Å². The van der Waals surface area contributed by atoms with Crippen LogP contribution in [-0.4, -0.2) is 17.8 Å². The van der Waals surface area contributed by atoms with Gasteiger partial charge >= 0.3 is 0 Å². The Labute approximate surface area is 94.4 Å². The molecule has 15 heavy (non-hydrogen) atoms. The summed E-state index contributed by atoms with van der Waals surface area (Å²) in [6.07, 6.45) is 1.61. The SMILES string of the molecule is CC(O)CCCNCc1ccc(C#N)s1. The minimum atomic E-state index is -0.210. The van der Waals surface area contributed by atoms with Crippen LogP contribution in [0.15, 0.2) is 12.1 Å². The summed E-state index contributed by atoms with van der Waals surface area (Å²) in [4.78, 5) is 1.94. The molecule has 1 aromatic heterocycles. The molecule has 4 heteroatoms. The second-order valence-electron chi connectivity index (χ2n) is 3.55. The van der Waals surface area contributed by atoms with Crippen LogP contribution < -0.4 is 5.32 Å². The van der Waals surface area contributed by atoms with Crippen molar-refractivity contribution in [2.45, 2.75) is 32.4 Å². The molecule has 82 valence electrons. The van der Waals surface area contributed by atoms with Gasteiger partial charge in [0.1, 0.15) is 10.9 Å². The van der Waals surface area contributed by atoms with Crippen LogP contribution in [0.25, 0.3) is 0 Å². The average molecular weight is 224 g/mol. The monoisotopic (exact) mass is 224 g/mol. The summed E-state index contributed by atoms with van der Waals surface area (Å²) < 4.78 is 0. The second-order valence-corrected chi connectivity index (χ2v) is 4.71. The standard InChI is InChI=1S/C11H16N2OS/c1-9(14)3-2-6-13-8-11-5-4-10(7-12)15-11/h4-5,9,13-14H,2-3,6,8H2,1H3. The van der Waals surface area contributed by atoms with Gasteiger partial charge in [-0.1, -0.05) is 0 Å². The summed E-state index contributed by atoms with van der Waals surface area (Å²) in [6, 6.07) is 5.94. The maximum absolute atomic E-state index is 9.04. The molecule has 1 aromatic rings. The molecule has 1 heterocycles. The first-order valence-corrected chi connectivity index (χ1v) is 5.91. The molecule has 0 aliphatic rings. The Bertz CT molecular complexity index is 328. The van der Waals surface area contributed by atoms with Gasteiger partial charge in [0.05, 0.1) is 6.10 Å². The van der Waals surface area contributed by atoms with Crippen LogP contribution in [0.4, 0.5) is 0 Å². The number of rotatable bonds is 6. The van der Waals surface area contributed by atoms with E-state index < -0.39 is 0 Å². The molecular weight excluding hydrogens is 208 g/mol. The zero-order valence-corrected chi connectivity index (χ0v) is 9.68. The third-order valence-corrected chi connectivity index (χ3v) is 3.04. The molecule has 3 nitrogen and oxygen atoms in total. The highest BCUT2D eigenvalue weighted by Crippen LogP contribution is 2.14. The summed E-state index contributed by atoms with van der Waals surface area (Å²) in [6.45, 7) is 3.52. The maximum Gasteiger partial charge on any atom is 0.110 e. The Balaban J connectivity index is 2.13. The minimum absolute atomic E-state index is 0.210. The number of hydrogen-bond donors (Lipinski definition) is 2. The molecule has 0 fully saturated rings. The van der Waals surface area contributed by atoms with E-state index in [9.17, 15) is 0 Å². The number of hydrogen-bond acceptors (Lipinski definition) is 4. The van der Waals surface area contributed by atoms with Gasteiger partial charge in [0.25, 0.3) is 0 Å². The first kappa shape index (κ1) is 12.2. The van der Waals surface area contributed by atoms with Crippen molar-refractivity contribution in [2.24, 2.45) is 0 Å². The minimum Gasteiger partial charge on any atom is -0.393 e. The zero-order chi connectivity index (χ0) is 11.1. The van der Waals surface area contributed by atoms with E-state index in [0.29, 0.717) is 0 Å². The predicted molar refractivity (Wildman–Crippen MR) is 61.7 cm³/mol. The largest absolute Gasteiger partial charge is 0.393 e. The molecule has 0 aliphatic heterocycles. The van der Waals surface area contributed by atoms with Crippen molar-refractivity contribution in [1.29, 1.82) is 5.26 Å². The molecule has 2 N–H and O–H groups in total. The first-order valence-electron chi connectivity index (χ1n) is 5.10.